The number of phenolic OH excluding ortho intramolecular Hbond substituents is 1. The van der Waals surface area contributed by atoms with Crippen LogP contribution in [0.25, 0.3) is 0 Å². The Morgan fingerprint density at radius 2 is 1.96 bits per heavy atom. The second-order valence-electron chi connectivity index (χ2n) is 8.30. The Kier molecular flexibility index (Phi) is 4.30. The Balaban J connectivity index is 1.57. The van der Waals surface area contributed by atoms with Gasteiger partial charge in [0.05, 0.1) is 16.4 Å². The minimum absolute atomic E-state index is 0.242. The summed E-state index contributed by atoms with van der Waals surface area (Å²) in [5.74, 6) is 0.994. The van der Waals surface area contributed by atoms with Crippen molar-refractivity contribution in [3.05, 3.63) is 51.5 Å². The molecule has 2 aromatic rings. The van der Waals surface area contributed by atoms with Gasteiger partial charge in [-0.3, -0.25) is 0 Å². The van der Waals surface area contributed by atoms with E-state index in [2.05, 4.69) is 16.7 Å². The van der Waals surface area contributed by atoms with Gasteiger partial charge in [0.2, 0.25) is 0 Å². The average molecular weight is 403 g/mol. The van der Waals surface area contributed by atoms with E-state index < -0.39 is 0 Å². The van der Waals surface area contributed by atoms with Gasteiger partial charge in [-0.2, -0.15) is 0 Å². The average Bonchev–Trinajstić information content (AvgIpc) is 2.66. The molecule has 0 aromatic heterocycles. The molecular weight excluding hydrogens is 379 g/mol. The van der Waals surface area contributed by atoms with Crippen LogP contribution in [0, 0.1) is 5.92 Å². The Bertz CT molecular complexity index is 896. The van der Waals surface area contributed by atoms with Crippen molar-refractivity contribution in [2.45, 2.75) is 50.0 Å². The zero-order valence-corrected chi connectivity index (χ0v) is 16.7. The van der Waals surface area contributed by atoms with Crippen LogP contribution >= 0.6 is 23.2 Å². The van der Waals surface area contributed by atoms with Crippen molar-refractivity contribution in [2.75, 3.05) is 11.9 Å². The molecule has 2 aliphatic carbocycles. The van der Waals surface area contributed by atoms with Gasteiger partial charge in [0, 0.05) is 16.5 Å². The van der Waals surface area contributed by atoms with Crippen molar-refractivity contribution < 1.29 is 5.11 Å². The predicted octanol–water partition coefficient (Wildman–Crippen LogP) is 5.79. The Hall–Kier alpha value is -1.42. The standard InChI is InChI=1S/C22H24Cl2N2O/c23-14-4-5-17(24)19(11-14)26-20-10-13-9-18-15-3-1-2-6-22(15,7-8-25-18)16(13)12-21(20)27/h4-5,10-12,15,18,25-27H,1-3,6-9H2/t15-,18+,22+/m1/s1. The molecule has 0 unspecified atom stereocenters. The lowest BCUT2D eigenvalue weighted by Gasteiger charge is -2.56. The van der Waals surface area contributed by atoms with E-state index >= 15 is 0 Å². The molecule has 0 amide bonds. The number of phenols is 1. The monoisotopic (exact) mass is 402 g/mol. The third-order valence-corrected chi connectivity index (χ3v) is 7.52. The number of hydrogen-bond donors (Lipinski definition) is 3. The van der Waals surface area contributed by atoms with Crippen LogP contribution in [0.1, 0.15) is 43.2 Å². The van der Waals surface area contributed by atoms with Gasteiger partial charge in [0.1, 0.15) is 5.75 Å². The molecule has 2 fully saturated rings. The fraction of sp³-hybridized carbons (Fsp3) is 0.455. The molecule has 5 heteroatoms. The highest BCUT2D eigenvalue weighted by Crippen LogP contribution is 2.55. The topological polar surface area (TPSA) is 44.3 Å². The highest BCUT2D eigenvalue weighted by Gasteiger charge is 2.51. The van der Waals surface area contributed by atoms with Gasteiger partial charge in [0.25, 0.3) is 0 Å². The minimum Gasteiger partial charge on any atom is -0.506 e. The van der Waals surface area contributed by atoms with E-state index in [1.54, 1.807) is 18.2 Å². The Morgan fingerprint density at radius 1 is 1.07 bits per heavy atom. The molecule has 0 radical (unpaired) electrons. The first kappa shape index (κ1) is 17.7. The molecular formula is C22H24Cl2N2O. The van der Waals surface area contributed by atoms with Gasteiger partial charge < -0.3 is 15.7 Å². The maximum Gasteiger partial charge on any atom is 0.139 e. The molecule has 0 spiro atoms. The van der Waals surface area contributed by atoms with Crippen molar-refractivity contribution in [3.8, 4) is 5.75 Å². The summed E-state index contributed by atoms with van der Waals surface area (Å²) in [5.41, 5.74) is 4.38. The van der Waals surface area contributed by atoms with Crippen LogP contribution in [0.4, 0.5) is 11.4 Å². The number of anilines is 2. The molecule has 3 aliphatic rings. The van der Waals surface area contributed by atoms with Gasteiger partial charge in [-0.15, -0.1) is 0 Å². The minimum atomic E-state index is 0.242. The van der Waals surface area contributed by atoms with Gasteiger partial charge in [-0.05, 0) is 79.6 Å². The molecule has 5 rings (SSSR count). The molecule has 3 atom stereocenters. The van der Waals surface area contributed by atoms with E-state index in [0.717, 1.165) is 13.0 Å². The zero-order chi connectivity index (χ0) is 18.6. The molecule has 3 nitrogen and oxygen atoms in total. The first-order chi connectivity index (χ1) is 13.1. The van der Waals surface area contributed by atoms with E-state index in [4.69, 9.17) is 23.2 Å². The number of halogens is 2. The van der Waals surface area contributed by atoms with Crippen LogP contribution in [0.2, 0.25) is 10.0 Å². The first-order valence-electron chi connectivity index (χ1n) is 9.89. The van der Waals surface area contributed by atoms with Gasteiger partial charge in [-0.25, -0.2) is 0 Å². The number of piperidine rings is 1. The van der Waals surface area contributed by atoms with Crippen LogP contribution in [0.3, 0.4) is 0 Å². The molecule has 1 saturated carbocycles. The molecule has 1 aliphatic heterocycles. The fourth-order valence-electron chi connectivity index (χ4n) is 5.81. The molecule has 2 aromatic carbocycles. The lowest BCUT2D eigenvalue weighted by molar-refractivity contribution is 0.0796. The van der Waals surface area contributed by atoms with Crippen molar-refractivity contribution in [2.24, 2.45) is 5.92 Å². The Labute approximate surface area is 170 Å². The molecule has 1 heterocycles. The SMILES string of the molecule is Oc1cc2c(cc1Nc1cc(Cl)ccc1Cl)C[C@@H]1NCC[C@]23CCCC[C@H]13. The van der Waals surface area contributed by atoms with Gasteiger partial charge >= 0.3 is 0 Å². The second-order valence-corrected chi connectivity index (χ2v) is 9.14. The quantitative estimate of drug-likeness (QED) is 0.557. The largest absolute Gasteiger partial charge is 0.506 e. The van der Waals surface area contributed by atoms with E-state index in [-0.39, 0.29) is 5.41 Å². The van der Waals surface area contributed by atoms with Gasteiger partial charge in [0.15, 0.2) is 0 Å². The van der Waals surface area contributed by atoms with Crippen molar-refractivity contribution in [3.63, 3.8) is 0 Å². The summed E-state index contributed by atoms with van der Waals surface area (Å²) in [4.78, 5) is 0. The molecule has 2 bridgehead atoms. The number of aromatic hydroxyl groups is 1. The highest BCUT2D eigenvalue weighted by atomic mass is 35.5. The van der Waals surface area contributed by atoms with Crippen LogP contribution in [-0.4, -0.2) is 17.7 Å². The van der Waals surface area contributed by atoms with Crippen LogP contribution < -0.4 is 10.6 Å². The second kappa shape index (κ2) is 6.58. The van der Waals surface area contributed by atoms with Crippen LogP contribution in [0.5, 0.6) is 5.75 Å². The molecule has 1 saturated heterocycles. The van der Waals surface area contributed by atoms with Crippen molar-refractivity contribution in [1.29, 1.82) is 0 Å². The number of hydrogen-bond acceptors (Lipinski definition) is 3. The summed E-state index contributed by atoms with van der Waals surface area (Å²) in [5, 5.41) is 19.1. The Morgan fingerprint density at radius 3 is 2.85 bits per heavy atom. The number of rotatable bonds is 2. The summed E-state index contributed by atoms with van der Waals surface area (Å²) in [6.07, 6.45) is 7.37. The summed E-state index contributed by atoms with van der Waals surface area (Å²) in [7, 11) is 0. The van der Waals surface area contributed by atoms with Gasteiger partial charge in [-0.1, -0.05) is 36.0 Å². The maximum absolute atomic E-state index is 10.8. The van der Waals surface area contributed by atoms with Crippen molar-refractivity contribution in [1.82, 2.24) is 5.32 Å². The summed E-state index contributed by atoms with van der Waals surface area (Å²) in [6.45, 7) is 1.08. The maximum atomic E-state index is 10.8. The zero-order valence-electron chi connectivity index (χ0n) is 15.2. The summed E-state index contributed by atoms with van der Waals surface area (Å²) < 4.78 is 0. The normalized spacial score (nSPS) is 29.0. The summed E-state index contributed by atoms with van der Waals surface area (Å²) >= 11 is 12.4. The predicted molar refractivity (Wildman–Crippen MR) is 112 cm³/mol. The molecule has 142 valence electrons. The van der Waals surface area contributed by atoms with Crippen LogP contribution in [0.15, 0.2) is 30.3 Å². The van der Waals surface area contributed by atoms with Crippen molar-refractivity contribution >= 4 is 34.6 Å². The lowest BCUT2D eigenvalue weighted by Crippen LogP contribution is -2.59. The lowest BCUT2D eigenvalue weighted by atomic mass is 9.53. The molecule has 27 heavy (non-hydrogen) atoms. The fourth-order valence-corrected chi connectivity index (χ4v) is 6.15. The molecule has 3 N–H and O–H groups in total. The van der Waals surface area contributed by atoms with E-state index in [0.29, 0.717) is 39.1 Å². The van der Waals surface area contributed by atoms with Crippen LogP contribution in [-0.2, 0) is 11.8 Å². The highest BCUT2D eigenvalue weighted by molar-refractivity contribution is 6.35. The van der Waals surface area contributed by atoms with E-state index in [1.165, 1.54) is 43.2 Å². The third-order valence-electron chi connectivity index (χ3n) is 6.96. The van der Waals surface area contributed by atoms with E-state index in [1.807, 2.05) is 6.07 Å². The summed E-state index contributed by atoms with van der Waals surface area (Å²) in [6, 6.07) is 10.0. The number of fused-ring (bicyclic) bond motifs is 1. The first-order valence-corrected chi connectivity index (χ1v) is 10.6. The number of nitrogens with one attached hydrogen (secondary N) is 2. The number of benzene rings is 2. The smallest absolute Gasteiger partial charge is 0.139 e. The van der Waals surface area contributed by atoms with E-state index in [9.17, 15) is 5.11 Å². The third kappa shape index (κ3) is 2.83.